The van der Waals surface area contributed by atoms with E-state index < -0.39 is 5.97 Å². The molecule has 5 heteroatoms. The van der Waals surface area contributed by atoms with Crippen LogP contribution in [0.5, 0.6) is 0 Å². The first-order chi connectivity index (χ1) is 8.99. The molecule has 1 fully saturated rings. The highest BCUT2D eigenvalue weighted by atomic mass is 79.9. The van der Waals surface area contributed by atoms with Crippen LogP contribution in [-0.4, -0.2) is 48.7 Å². The van der Waals surface area contributed by atoms with Crippen molar-refractivity contribution in [2.75, 3.05) is 31.6 Å². The van der Waals surface area contributed by atoms with Crippen LogP contribution in [0.4, 0.5) is 5.69 Å². The van der Waals surface area contributed by atoms with Crippen molar-refractivity contribution in [3.05, 3.63) is 28.2 Å². The average Bonchev–Trinajstić information content (AvgIpc) is 2.50. The number of aromatic carboxylic acids is 1. The zero-order valence-electron chi connectivity index (χ0n) is 11.3. The molecule has 0 bridgehead atoms. The molecule has 1 aliphatic rings. The van der Waals surface area contributed by atoms with Gasteiger partial charge in [-0.15, -0.1) is 0 Å². The number of nitrogens with zero attached hydrogens (tertiary/aromatic N) is 2. The molecule has 0 aliphatic carbocycles. The molecule has 0 saturated carbocycles. The predicted octanol–water partition coefficient (Wildman–Crippen LogP) is 2.68. The van der Waals surface area contributed by atoms with Crippen LogP contribution in [-0.2, 0) is 0 Å². The number of benzene rings is 1. The van der Waals surface area contributed by atoms with Crippen LogP contribution in [0.15, 0.2) is 22.7 Å². The van der Waals surface area contributed by atoms with Gasteiger partial charge in [0.15, 0.2) is 0 Å². The number of hydrogen-bond acceptors (Lipinski definition) is 3. The molecule has 0 amide bonds. The summed E-state index contributed by atoms with van der Waals surface area (Å²) in [5.74, 6) is -0.874. The first-order valence-electron chi connectivity index (χ1n) is 6.47. The number of carbonyl (C=O) groups is 1. The summed E-state index contributed by atoms with van der Waals surface area (Å²) in [6.07, 6.45) is 1.05. The van der Waals surface area contributed by atoms with E-state index in [2.05, 4.69) is 39.7 Å². The molecule has 104 valence electrons. The first-order valence-corrected chi connectivity index (χ1v) is 7.26. The molecular weight excluding hydrogens is 308 g/mol. The van der Waals surface area contributed by atoms with Crippen LogP contribution in [0, 0.1) is 0 Å². The number of carboxylic acid groups (broad SMARTS) is 1. The molecule has 1 N–H and O–H groups in total. The van der Waals surface area contributed by atoms with Gasteiger partial charge < -0.3 is 14.9 Å². The second-order valence-corrected chi connectivity index (χ2v) is 6.04. The lowest BCUT2D eigenvalue weighted by Crippen LogP contribution is -2.38. The summed E-state index contributed by atoms with van der Waals surface area (Å²) in [6, 6.07) is 5.80. The lowest BCUT2D eigenvalue weighted by atomic mass is 10.1. The van der Waals surface area contributed by atoms with E-state index in [1.54, 1.807) is 6.07 Å². The van der Waals surface area contributed by atoms with E-state index in [4.69, 9.17) is 0 Å². The molecule has 1 aromatic carbocycles. The van der Waals surface area contributed by atoms with Crippen molar-refractivity contribution in [1.82, 2.24) is 4.90 Å². The van der Waals surface area contributed by atoms with Crippen molar-refractivity contribution >= 4 is 27.6 Å². The standard InChI is InChI=1S/C14H19BrN2O2/c1-10-9-16(2)6-3-7-17(10)13-5-4-11(15)8-12(13)14(18)19/h4-5,8,10H,3,6-7,9H2,1-2H3,(H,18,19). The third kappa shape index (κ3) is 3.28. The summed E-state index contributed by atoms with van der Waals surface area (Å²) >= 11 is 3.34. The third-order valence-corrected chi connectivity index (χ3v) is 4.04. The van der Waals surface area contributed by atoms with Crippen molar-refractivity contribution in [1.29, 1.82) is 0 Å². The molecule has 0 aromatic heterocycles. The molecule has 19 heavy (non-hydrogen) atoms. The van der Waals surface area contributed by atoms with Crippen molar-refractivity contribution in [2.45, 2.75) is 19.4 Å². The van der Waals surface area contributed by atoms with Gasteiger partial charge >= 0.3 is 5.97 Å². The first kappa shape index (κ1) is 14.3. The minimum Gasteiger partial charge on any atom is -0.478 e. The topological polar surface area (TPSA) is 43.8 Å². The number of anilines is 1. The van der Waals surface area contributed by atoms with E-state index in [9.17, 15) is 9.90 Å². The molecule has 1 aliphatic heterocycles. The van der Waals surface area contributed by atoms with E-state index in [0.29, 0.717) is 11.6 Å². The third-order valence-electron chi connectivity index (χ3n) is 3.55. The minimum absolute atomic E-state index is 0.312. The zero-order valence-corrected chi connectivity index (χ0v) is 12.9. The fourth-order valence-corrected chi connectivity index (χ4v) is 3.02. The van der Waals surface area contributed by atoms with E-state index in [0.717, 1.165) is 36.2 Å². The number of rotatable bonds is 2. The molecule has 1 unspecified atom stereocenters. The molecule has 1 aromatic rings. The molecule has 2 rings (SSSR count). The second kappa shape index (κ2) is 5.92. The van der Waals surface area contributed by atoms with Gasteiger partial charge in [-0.3, -0.25) is 0 Å². The van der Waals surface area contributed by atoms with E-state index in [1.165, 1.54) is 0 Å². The van der Waals surface area contributed by atoms with Gasteiger partial charge in [-0.05, 0) is 45.1 Å². The molecule has 1 atom stereocenters. The van der Waals surface area contributed by atoms with Gasteiger partial charge in [0.2, 0.25) is 0 Å². The molecule has 0 radical (unpaired) electrons. The Morgan fingerprint density at radius 1 is 1.42 bits per heavy atom. The summed E-state index contributed by atoms with van der Waals surface area (Å²) in [6.45, 7) is 5.05. The predicted molar refractivity (Wildman–Crippen MR) is 80.0 cm³/mol. The van der Waals surface area contributed by atoms with E-state index in [1.807, 2.05) is 12.1 Å². The Balaban J connectivity index is 2.37. The molecule has 4 nitrogen and oxygen atoms in total. The van der Waals surface area contributed by atoms with Crippen LogP contribution in [0.25, 0.3) is 0 Å². The van der Waals surface area contributed by atoms with Gasteiger partial charge in [-0.1, -0.05) is 15.9 Å². The Labute approximate surface area is 122 Å². The Morgan fingerprint density at radius 3 is 2.84 bits per heavy atom. The maximum Gasteiger partial charge on any atom is 0.337 e. The smallest absolute Gasteiger partial charge is 0.337 e. The number of carboxylic acids is 1. The number of halogens is 1. The largest absolute Gasteiger partial charge is 0.478 e. The van der Waals surface area contributed by atoms with Crippen LogP contribution in [0.1, 0.15) is 23.7 Å². The Bertz CT molecular complexity index is 479. The maximum absolute atomic E-state index is 11.4. The Kier molecular flexibility index (Phi) is 4.47. The van der Waals surface area contributed by atoms with Crippen LogP contribution in [0.2, 0.25) is 0 Å². The summed E-state index contributed by atoms with van der Waals surface area (Å²) in [7, 11) is 2.11. The van der Waals surface area contributed by atoms with E-state index >= 15 is 0 Å². The molecule has 1 heterocycles. The van der Waals surface area contributed by atoms with Gasteiger partial charge in [0.05, 0.1) is 11.3 Å². The van der Waals surface area contributed by atoms with Crippen LogP contribution < -0.4 is 4.90 Å². The average molecular weight is 327 g/mol. The van der Waals surface area contributed by atoms with Crippen molar-refractivity contribution in [3.63, 3.8) is 0 Å². The van der Waals surface area contributed by atoms with Gasteiger partial charge in [0.1, 0.15) is 0 Å². The number of likely N-dealkylation sites (N-methyl/N-ethyl adjacent to an activating group) is 1. The second-order valence-electron chi connectivity index (χ2n) is 5.12. The Hall–Kier alpha value is -1.07. The summed E-state index contributed by atoms with van der Waals surface area (Å²) in [4.78, 5) is 15.9. The highest BCUT2D eigenvalue weighted by Gasteiger charge is 2.23. The molecule has 0 spiro atoms. The highest BCUT2D eigenvalue weighted by Crippen LogP contribution is 2.27. The number of hydrogen-bond donors (Lipinski definition) is 1. The van der Waals surface area contributed by atoms with Crippen LogP contribution >= 0.6 is 15.9 Å². The summed E-state index contributed by atoms with van der Waals surface area (Å²) in [5, 5.41) is 9.37. The lowest BCUT2D eigenvalue weighted by Gasteiger charge is -2.31. The van der Waals surface area contributed by atoms with Crippen molar-refractivity contribution in [2.24, 2.45) is 0 Å². The fraction of sp³-hybridized carbons (Fsp3) is 0.500. The quantitative estimate of drug-likeness (QED) is 0.907. The monoisotopic (exact) mass is 326 g/mol. The van der Waals surface area contributed by atoms with Gasteiger partial charge in [-0.25, -0.2) is 4.79 Å². The summed E-state index contributed by atoms with van der Waals surface area (Å²) in [5.41, 5.74) is 1.18. The fourth-order valence-electron chi connectivity index (χ4n) is 2.66. The van der Waals surface area contributed by atoms with Crippen molar-refractivity contribution in [3.8, 4) is 0 Å². The van der Waals surface area contributed by atoms with E-state index in [-0.39, 0.29) is 0 Å². The Morgan fingerprint density at radius 2 is 2.16 bits per heavy atom. The normalized spacial score (nSPS) is 21.2. The SMILES string of the molecule is CC1CN(C)CCCN1c1ccc(Br)cc1C(=O)O. The van der Waals surface area contributed by atoms with Gasteiger partial charge in [-0.2, -0.15) is 0 Å². The van der Waals surface area contributed by atoms with Crippen molar-refractivity contribution < 1.29 is 9.90 Å². The zero-order chi connectivity index (χ0) is 14.0. The highest BCUT2D eigenvalue weighted by molar-refractivity contribution is 9.10. The van der Waals surface area contributed by atoms with Gasteiger partial charge in [0.25, 0.3) is 0 Å². The lowest BCUT2D eigenvalue weighted by molar-refractivity contribution is 0.0697. The molecule has 1 saturated heterocycles. The van der Waals surface area contributed by atoms with Gasteiger partial charge in [0, 0.05) is 23.6 Å². The summed E-state index contributed by atoms with van der Waals surface area (Å²) < 4.78 is 0.799. The maximum atomic E-state index is 11.4. The molecular formula is C14H19BrN2O2. The minimum atomic E-state index is -0.874. The van der Waals surface area contributed by atoms with Crippen LogP contribution in [0.3, 0.4) is 0 Å².